The van der Waals surface area contributed by atoms with E-state index in [1.165, 1.54) is 6.42 Å². The monoisotopic (exact) mass is 150 g/mol. The summed E-state index contributed by atoms with van der Waals surface area (Å²) >= 11 is 0. The van der Waals surface area contributed by atoms with Gasteiger partial charge in [-0.2, -0.15) is 0 Å². The Morgan fingerprint density at radius 3 is 2.17 bits per heavy atom. The lowest BCUT2D eigenvalue weighted by molar-refractivity contribution is 0.961. The zero-order chi connectivity index (χ0) is 4.12. The molecule has 0 saturated carbocycles. The van der Waals surface area contributed by atoms with E-state index in [1.807, 2.05) is 6.08 Å². The van der Waals surface area contributed by atoms with Crippen LogP contribution < -0.4 is 0 Å². The van der Waals surface area contributed by atoms with Crippen molar-refractivity contribution in [3.63, 3.8) is 0 Å². The van der Waals surface area contributed by atoms with Crippen LogP contribution in [0.15, 0.2) is 12.7 Å². The summed E-state index contributed by atoms with van der Waals surface area (Å²) in [5.41, 5.74) is 0. The number of rotatable bonds is 2. The Morgan fingerprint density at radius 2 is 2.17 bits per heavy atom. The van der Waals surface area contributed by atoms with E-state index in [1.54, 1.807) is 0 Å². The number of allylic oxidation sites excluding steroid dienone is 1. The molecule has 0 radical (unpaired) electrons. The van der Waals surface area contributed by atoms with E-state index in [0.717, 1.165) is 6.42 Å². The normalized spacial score (nSPS) is 6.17. The first-order valence-electron chi connectivity index (χ1n) is 2.02. The fourth-order valence-electron chi connectivity index (χ4n) is 0.204. The van der Waals surface area contributed by atoms with E-state index in [2.05, 4.69) is 13.5 Å². The molecular formula is C5H11Br. The smallest absolute Gasteiger partial charge is 0.0356 e. The highest BCUT2D eigenvalue weighted by Crippen LogP contribution is 1.82. The van der Waals surface area contributed by atoms with Gasteiger partial charge in [-0.15, -0.1) is 23.6 Å². The van der Waals surface area contributed by atoms with Crippen LogP contribution in [0.25, 0.3) is 0 Å². The third-order valence-electron chi connectivity index (χ3n) is 0.493. The van der Waals surface area contributed by atoms with Gasteiger partial charge in [0.15, 0.2) is 0 Å². The van der Waals surface area contributed by atoms with E-state index < -0.39 is 0 Å². The molecule has 0 amide bonds. The molecule has 1 heteroatoms. The predicted octanol–water partition coefficient (Wildman–Crippen LogP) is 2.55. The molecule has 0 aromatic rings. The lowest BCUT2D eigenvalue weighted by Crippen LogP contribution is -1.52. The van der Waals surface area contributed by atoms with Crippen molar-refractivity contribution in [3.05, 3.63) is 12.7 Å². The average Bonchev–Trinajstić information content (AvgIpc) is 1.41. The van der Waals surface area contributed by atoms with Gasteiger partial charge in [-0.25, -0.2) is 0 Å². The molecule has 0 fully saturated rings. The number of halogens is 1. The molecule has 6 heavy (non-hydrogen) atoms. The van der Waals surface area contributed by atoms with Gasteiger partial charge in [-0.3, -0.25) is 0 Å². The SMILES string of the molecule is Br.C=CCCC. The topological polar surface area (TPSA) is 0 Å². The minimum absolute atomic E-state index is 0. The van der Waals surface area contributed by atoms with E-state index in [0.29, 0.717) is 0 Å². The van der Waals surface area contributed by atoms with Gasteiger partial charge in [0.25, 0.3) is 0 Å². The second-order valence-electron chi connectivity index (χ2n) is 1.08. The summed E-state index contributed by atoms with van der Waals surface area (Å²) in [4.78, 5) is 0. The summed E-state index contributed by atoms with van der Waals surface area (Å²) < 4.78 is 0. The largest absolute Gasteiger partial charge is 0.114 e. The van der Waals surface area contributed by atoms with Crippen LogP contribution in [-0.2, 0) is 0 Å². The second-order valence-corrected chi connectivity index (χ2v) is 1.08. The maximum atomic E-state index is 3.55. The van der Waals surface area contributed by atoms with E-state index in [4.69, 9.17) is 0 Å². The molecule has 0 aliphatic carbocycles. The quantitative estimate of drug-likeness (QED) is 0.532. The Labute approximate surface area is 50.0 Å². The molecule has 0 atom stereocenters. The molecule has 0 aliphatic heterocycles. The summed E-state index contributed by atoms with van der Waals surface area (Å²) in [5.74, 6) is 0. The highest BCUT2D eigenvalue weighted by molar-refractivity contribution is 8.93. The Balaban J connectivity index is 0. The second kappa shape index (κ2) is 8.97. The molecule has 0 unspecified atom stereocenters. The predicted molar refractivity (Wildman–Crippen MR) is 35.4 cm³/mol. The van der Waals surface area contributed by atoms with Crippen molar-refractivity contribution >= 4 is 17.0 Å². The van der Waals surface area contributed by atoms with Gasteiger partial charge >= 0.3 is 0 Å². The van der Waals surface area contributed by atoms with Crippen LogP contribution in [-0.4, -0.2) is 0 Å². The molecule has 0 rings (SSSR count). The zero-order valence-corrected chi connectivity index (χ0v) is 5.82. The molecule has 0 spiro atoms. The molecule has 0 aromatic carbocycles. The number of hydrogen-bond donors (Lipinski definition) is 0. The molecule has 0 heterocycles. The number of hydrogen-bond acceptors (Lipinski definition) is 0. The summed E-state index contributed by atoms with van der Waals surface area (Å²) in [5, 5.41) is 0. The van der Waals surface area contributed by atoms with Crippen molar-refractivity contribution < 1.29 is 0 Å². The van der Waals surface area contributed by atoms with Crippen LogP contribution in [0, 0.1) is 0 Å². The van der Waals surface area contributed by atoms with Gasteiger partial charge in [0.1, 0.15) is 0 Å². The van der Waals surface area contributed by atoms with Crippen molar-refractivity contribution in [3.8, 4) is 0 Å². The van der Waals surface area contributed by atoms with Crippen LogP contribution in [0.1, 0.15) is 19.8 Å². The van der Waals surface area contributed by atoms with Crippen molar-refractivity contribution in [1.29, 1.82) is 0 Å². The fraction of sp³-hybridized carbons (Fsp3) is 0.600. The standard InChI is InChI=1S/C5H10.BrH/c1-3-5-4-2;/h3H,1,4-5H2,2H3;1H. The molecular weight excluding hydrogens is 140 g/mol. The van der Waals surface area contributed by atoms with Gasteiger partial charge in [0, 0.05) is 0 Å². The fourth-order valence-corrected chi connectivity index (χ4v) is 0.204. The molecule has 0 saturated heterocycles. The van der Waals surface area contributed by atoms with Crippen molar-refractivity contribution in [2.24, 2.45) is 0 Å². The minimum Gasteiger partial charge on any atom is -0.114 e. The Hall–Kier alpha value is 0.220. The van der Waals surface area contributed by atoms with Gasteiger partial charge in [-0.1, -0.05) is 19.4 Å². The lowest BCUT2D eigenvalue weighted by Gasteiger charge is -1.72. The maximum Gasteiger partial charge on any atom is -0.0356 e. The first-order valence-corrected chi connectivity index (χ1v) is 2.02. The van der Waals surface area contributed by atoms with Crippen LogP contribution in [0.2, 0.25) is 0 Å². The van der Waals surface area contributed by atoms with Crippen LogP contribution in [0.4, 0.5) is 0 Å². The zero-order valence-electron chi connectivity index (χ0n) is 4.11. The van der Waals surface area contributed by atoms with Crippen molar-refractivity contribution in [2.75, 3.05) is 0 Å². The maximum absolute atomic E-state index is 3.55. The Bertz CT molecular complexity index is 25.1. The molecule has 0 N–H and O–H groups in total. The summed E-state index contributed by atoms with van der Waals surface area (Å²) in [6, 6.07) is 0. The first-order chi connectivity index (χ1) is 2.41. The Kier molecular flexibility index (Phi) is 14.2. The van der Waals surface area contributed by atoms with Gasteiger partial charge in [-0.05, 0) is 6.42 Å². The Morgan fingerprint density at radius 1 is 1.67 bits per heavy atom. The molecule has 0 aromatic heterocycles. The summed E-state index contributed by atoms with van der Waals surface area (Å²) in [6.07, 6.45) is 4.31. The highest BCUT2D eigenvalue weighted by atomic mass is 79.9. The first kappa shape index (κ1) is 9.52. The van der Waals surface area contributed by atoms with Gasteiger partial charge in [0.2, 0.25) is 0 Å². The average molecular weight is 151 g/mol. The molecule has 0 bridgehead atoms. The lowest BCUT2D eigenvalue weighted by atomic mass is 10.3. The van der Waals surface area contributed by atoms with Crippen molar-refractivity contribution in [1.82, 2.24) is 0 Å². The highest BCUT2D eigenvalue weighted by Gasteiger charge is 1.61. The van der Waals surface area contributed by atoms with Crippen LogP contribution in [0.5, 0.6) is 0 Å². The van der Waals surface area contributed by atoms with Crippen molar-refractivity contribution in [2.45, 2.75) is 19.8 Å². The van der Waals surface area contributed by atoms with Crippen LogP contribution in [0.3, 0.4) is 0 Å². The molecule has 0 aliphatic rings. The van der Waals surface area contributed by atoms with E-state index in [9.17, 15) is 0 Å². The minimum atomic E-state index is 0. The van der Waals surface area contributed by atoms with E-state index in [-0.39, 0.29) is 17.0 Å². The number of unbranched alkanes of at least 4 members (excludes halogenated alkanes) is 1. The third-order valence-corrected chi connectivity index (χ3v) is 0.493. The van der Waals surface area contributed by atoms with Gasteiger partial charge < -0.3 is 0 Å². The third kappa shape index (κ3) is 8.88. The molecule has 0 nitrogen and oxygen atoms in total. The molecule has 38 valence electrons. The summed E-state index contributed by atoms with van der Waals surface area (Å²) in [7, 11) is 0. The summed E-state index contributed by atoms with van der Waals surface area (Å²) in [6.45, 7) is 5.69. The van der Waals surface area contributed by atoms with E-state index >= 15 is 0 Å². The van der Waals surface area contributed by atoms with Crippen LogP contribution >= 0.6 is 17.0 Å². The van der Waals surface area contributed by atoms with Gasteiger partial charge in [0.05, 0.1) is 0 Å².